The monoisotopic (exact) mass is 461 g/mol. The molecule has 2 fully saturated rings. The van der Waals surface area contributed by atoms with Crippen LogP contribution in [-0.4, -0.2) is 35.8 Å². The van der Waals surface area contributed by atoms with Crippen LogP contribution in [0.15, 0.2) is 48.5 Å². The number of benzene rings is 2. The maximum absolute atomic E-state index is 13.4. The molecular weight excluding hydrogens is 420 g/mol. The quantitative estimate of drug-likeness (QED) is 0.475. The Hall–Kier alpha value is -2.46. The van der Waals surface area contributed by atoms with Crippen LogP contribution in [0.3, 0.4) is 0 Å². The van der Waals surface area contributed by atoms with Gasteiger partial charge in [0, 0.05) is 17.7 Å². The number of quaternary nitrogens is 1. The number of para-hydroxylation sites is 1. The number of piperidine rings is 1. The molecule has 1 saturated carbocycles. The molecule has 2 aromatic rings. The Bertz CT molecular complexity index is 960. The van der Waals surface area contributed by atoms with Gasteiger partial charge in [0.25, 0.3) is 5.91 Å². The molecule has 1 amide bonds. The number of aryl methyl sites for hydroxylation is 2. The third-order valence-corrected chi connectivity index (χ3v) is 8.05. The van der Waals surface area contributed by atoms with E-state index in [4.69, 9.17) is 0 Å². The fraction of sp³-hybridized carbons (Fsp3) is 0.533. The second-order valence-electron chi connectivity index (χ2n) is 10.9. The fourth-order valence-electron chi connectivity index (χ4n) is 6.24. The third kappa shape index (κ3) is 6.35. The van der Waals surface area contributed by atoms with Crippen molar-refractivity contribution in [3.05, 3.63) is 65.2 Å². The van der Waals surface area contributed by atoms with Gasteiger partial charge in [-0.25, -0.2) is 0 Å². The van der Waals surface area contributed by atoms with Crippen molar-refractivity contribution in [1.82, 2.24) is 0 Å². The van der Waals surface area contributed by atoms with Gasteiger partial charge in [-0.3, -0.25) is 9.59 Å². The van der Waals surface area contributed by atoms with E-state index in [1.807, 2.05) is 38.1 Å². The predicted octanol–water partition coefficient (Wildman–Crippen LogP) is 6.21. The molecule has 2 aromatic carbocycles. The van der Waals surface area contributed by atoms with E-state index in [-0.39, 0.29) is 11.8 Å². The highest BCUT2D eigenvalue weighted by atomic mass is 16.2. The van der Waals surface area contributed by atoms with Crippen molar-refractivity contribution in [2.24, 2.45) is 11.8 Å². The topological polar surface area (TPSA) is 46.2 Å². The average Bonchev–Trinajstić information content (AvgIpc) is 2.83. The van der Waals surface area contributed by atoms with Gasteiger partial charge in [0.15, 0.2) is 6.54 Å². The zero-order chi connectivity index (χ0) is 24.0. The van der Waals surface area contributed by atoms with Crippen LogP contribution in [-0.2, 0) is 16.1 Å². The van der Waals surface area contributed by atoms with Gasteiger partial charge >= 0.3 is 0 Å². The molecule has 0 radical (unpaired) electrons. The normalized spacial score (nSPS) is 23.4. The molecule has 2 aliphatic rings. The summed E-state index contributed by atoms with van der Waals surface area (Å²) >= 11 is 0. The van der Waals surface area contributed by atoms with Crippen molar-refractivity contribution in [1.29, 1.82) is 0 Å². The number of Topliss-reactive ketones (excluding diaryl/α,β-unsaturated/α-hetero) is 1. The molecule has 1 heterocycles. The Balaban J connectivity index is 1.50. The zero-order valence-corrected chi connectivity index (χ0v) is 21.0. The second-order valence-corrected chi connectivity index (χ2v) is 10.9. The van der Waals surface area contributed by atoms with E-state index in [0.29, 0.717) is 22.7 Å². The summed E-state index contributed by atoms with van der Waals surface area (Å²) in [6, 6.07) is 16.6. The standard InChI is InChI=1S/C30H40N2O2/c1-23-11-9-12-24(2)30(23)31-29(34)22-32(20-26-15-7-4-8-16-26)18-10-17-27(21-32)28(33)19-25-13-5-3-6-14-25/h4,7-9,11-12,15-16,25,27H,3,5-6,10,13-14,17-22H2,1-2H3/p+1. The van der Waals surface area contributed by atoms with Crippen molar-refractivity contribution in [3.63, 3.8) is 0 Å². The number of anilines is 1. The Kier molecular flexibility index (Phi) is 8.20. The van der Waals surface area contributed by atoms with Crippen LogP contribution in [0, 0.1) is 25.7 Å². The van der Waals surface area contributed by atoms with Crippen LogP contribution >= 0.6 is 0 Å². The molecule has 1 aliphatic carbocycles. The highest BCUT2D eigenvalue weighted by Gasteiger charge is 2.40. The lowest BCUT2D eigenvalue weighted by molar-refractivity contribution is -0.940. The van der Waals surface area contributed by atoms with Crippen LogP contribution in [0.25, 0.3) is 0 Å². The SMILES string of the molecule is Cc1cccc(C)c1NC(=O)C[N+]1(Cc2ccccc2)CCCC(C(=O)CC2CCCCC2)C1. The molecule has 2 atom stereocenters. The Morgan fingerprint density at radius 2 is 1.59 bits per heavy atom. The lowest BCUT2D eigenvalue weighted by Gasteiger charge is -2.44. The fourth-order valence-corrected chi connectivity index (χ4v) is 6.24. The van der Waals surface area contributed by atoms with E-state index in [1.165, 1.54) is 37.7 Å². The van der Waals surface area contributed by atoms with Gasteiger partial charge in [-0.15, -0.1) is 0 Å². The largest absolute Gasteiger partial charge is 0.321 e. The number of carbonyl (C=O) groups is 2. The number of ketones is 1. The number of likely N-dealkylation sites (tertiary alicyclic amines) is 1. The minimum atomic E-state index is 0.0497. The number of amides is 1. The first-order chi connectivity index (χ1) is 16.4. The average molecular weight is 462 g/mol. The van der Waals surface area contributed by atoms with Crippen molar-refractivity contribution in [2.45, 2.75) is 71.8 Å². The van der Waals surface area contributed by atoms with Gasteiger partial charge in [-0.2, -0.15) is 0 Å². The minimum absolute atomic E-state index is 0.0497. The summed E-state index contributed by atoms with van der Waals surface area (Å²) < 4.78 is 0.669. The smallest absolute Gasteiger partial charge is 0.279 e. The first-order valence-electron chi connectivity index (χ1n) is 13.2. The van der Waals surface area contributed by atoms with Gasteiger partial charge in [0.1, 0.15) is 12.3 Å². The Morgan fingerprint density at radius 1 is 0.882 bits per heavy atom. The molecule has 4 nitrogen and oxygen atoms in total. The summed E-state index contributed by atoms with van der Waals surface area (Å²) in [7, 11) is 0. The van der Waals surface area contributed by atoms with Gasteiger partial charge in [0.05, 0.1) is 19.0 Å². The molecular formula is C30H41N2O2+. The van der Waals surface area contributed by atoms with Crippen molar-refractivity contribution in [2.75, 3.05) is 25.0 Å². The van der Waals surface area contributed by atoms with E-state index in [9.17, 15) is 9.59 Å². The first-order valence-corrected chi connectivity index (χ1v) is 13.2. The number of hydrogen-bond donors (Lipinski definition) is 1. The van der Waals surface area contributed by atoms with Crippen molar-refractivity contribution in [3.8, 4) is 0 Å². The summed E-state index contributed by atoms with van der Waals surface area (Å²) in [6.45, 7) is 7.02. The van der Waals surface area contributed by atoms with E-state index in [2.05, 4.69) is 29.6 Å². The van der Waals surface area contributed by atoms with Gasteiger partial charge in [-0.1, -0.05) is 80.6 Å². The molecule has 1 saturated heterocycles. The molecule has 0 aromatic heterocycles. The predicted molar refractivity (Wildman–Crippen MR) is 138 cm³/mol. The number of nitrogens with one attached hydrogen (secondary N) is 1. The first kappa shape index (κ1) is 24.7. The molecule has 4 heteroatoms. The van der Waals surface area contributed by atoms with Crippen LogP contribution in [0.2, 0.25) is 0 Å². The highest BCUT2D eigenvalue weighted by molar-refractivity contribution is 5.93. The summed E-state index contributed by atoms with van der Waals surface area (Å²) in [5, 5.41) is 3.21. The summed E-state index contributed by atoms with van der Waals surface area (Å²) in [4.78, 5) is 26.7. The van der Waals surface area contributed by atoms with Gasteiger partial charge in [0.2, 0.25) is 0 Å². The molecule has 182 valence electrons. The molecule has 34 heavy (non-hydrogen) atoms. The summed E-state index contributed by atoms with van der Waals surface area (Å²) in [5.74, 6) is 1.14. The van der Waals surface area contributed by atoms with Crippen LogP contribution in [0.4, 0.5) is 5.69 Å². The summed E-state index contributed by atoms with van der Waals surface area (Å²) in [5.41, 5.74) is 4.33. The van der Waals surface area contributed by atoms with Gasteiger partial charge in [-0.05, 0) is 43.7 Å². The minimum Gasteiger partial charge on any atom is -0.321 e. The highest BCUT2D eigenvalue weighted by Crippen LogP contribution is 2.32. The van der Waals surface area contributed by atoms with Crippen LogP contribution < -0.4 is 5.32 Å². The lowest BCUT2D eigenvalue weighted by atomic mass is 9.81. The van der Waals surface area contributed by atoms with Crippen molar-refractivity contribution >= 4 is 17.4 Å². The van der Waals surface area contributed by atoms with Crippen molar-refractivity contribution < 1.29 is 14.1 Å². The molecule has 1 aliphatic heterocycles. The van der Waals surface area contributed by atoms with Crippen LogP contribution in [0.5, 0.6) is 0 Å². The Labute approximate surface area is 205 Å². The third-order valence-electron chi connectivity index (χ3n) is 8.05. The maximum Gasteiger partial charge on any atom is 0.279 e. The van der Waals surface area contributed by atoms with E-state index in [0.717, 1.165) is 55.7 Å². The number of carbonyl (C=O) groups excluding carboxylic acids is 2. The van der Waals surface area contributed by atoms with E-state index in [1.54, 1.807) is 0 Å². The maximum atomic E-state index is 13.4. The Morgan fingerprint density at radius 3 is 2.29 bits per heavy atom. The number of nitrogens with zero attached hydrogens (tertiary/aromatic N) is 1. The molecule has 4 rings (SSSR count). The summed E-state index contributed by atoms with van der Waals surface area (Å²) in [6.07, 6.45) is 9.00. The molecule has 1 N–H and O–H groups in total. The molecule has 0 bridgehead atoms. The van der Waals surface area contributed by atoms with Gasteiger partial charge < -0.3 is 9.80 Å². The van der Waals surface area contributed by atoms with E-state index < -0.39 is 0 Å². The molecule has 2 unspecified atom stereocenters. The van der Waals surface area contributed by atoms with Crippen LogP contribution in [0.1, 0.15) is 68.1 Å². The van der Waals surface area contributed by atoms with E-state index >= 15 is 0 Å². The molecule has 0 spiro atoms. The number of hydrogen-bond acceptors (Lipinski definition) is 2. The lowest BCUT2D eigenvalue weighted by Crippen LogP contribution is -2.57. The second kappa shape index (κ2) is 11.3. The zero-order valence-electron chi connectivity index (χ0n) is 21.0. The number of rotatable bonds is 8.